The number of aliphatic hydroxyl groups is 1. The Kier molecular flexibility index (Phi) is 1.95. The second-order valence-corrected chi connectivity index (χ2v) is 3.32. The smallest absolute Gasteiger partial charge is 0.126 e. The van der Waals surface area contributed by atoms with Crippen molar-refractivity contribution in [2.75, 3.05) is 6.61 Å². The van der Waals surface area contributed by atoms with Crippen molar-refractivity contribution in [1.29, 1.82) is 0 Å². The number of hydrogen-bond acceptors (Lipinski definition) is 2. The van der Waals surface area contributed by atoms with Crippen LogP contribution >= 0.6 is 11.6 Å². The number of halogens is 1. The lowest BCUT2D eigenvalue weighted by Crippen LogP contribution is -2.17. The Labute approximate surface area is 75.7 Å². The van der Waals surface area contributed by atoms with Crippen LogP contribution < -0.4 is 4.74 Å². The van der Waals surface area contributed by atoms with Crippen LogP contribution in [-0.2, 0) is 6.42 Å². The Morgan fingerprint density at radius 1 is 1.58 bits per heavy atom. The molecule has 0 saturated carbocycles. The highest BCUT2D eigenvalue weighted by atomic mass is 35.5. The Morgan fingerprint density at radius 3 is 3.17 bits per heavy atom. The molecule has 0 unspecified atom stereocenters. The minimum Gasteiger partial charge on any atom is -0.487 e. The maximum Gasteiger partial charge on any atom is 0.126 e. The van der Waals surface area contributed by atoms with E-state index in [2.05, 4.69) is 0 Å². The van der Waals surface area contributed by atoms with E-state index in [1.165, 1.54) is 0 Å². The topological polar surface area (TPSA) is 29.5 Å². The molecule has 1 aliphatic heterocycles. The third-order valence-electron chi connectivity index (χ3n) is 1.97. The van der Waals surface area contributed by atoms with Gasteiger partial charge in [0.2, 0.25) is 0 Å². The maximum atomic E-state index is 8.85. The van der Waals surface area contributed by atoms with E-state index >= 15 is 0 Å². The van der Waals surface area contributed by atoms with Crippen LogP contribution in [0.15, 0.2) is 18.2 Å². The molecule has 0 aromatic heterocycles. The fourth-order valence-corrected chi connectivity index (χ4v) is 1.59. The van der Waals surface area contributed by atoms with Gasteiger partial charge < -0.3 is 9.84 Å². The molecular weight excluding hydrogens is 176 g/mol. The van der Waals surface area contributed by atoms with Crippen LogP contribution in [0.4, 0.5) is 0 Å². The second kappa shape index (κ2) is 2.96. The Balaban J connectivity index is 2.30. The molecule has 0 spiro atoms. The summed E-state index contributed by atoms with van der Waals surface area (Å²) < 4.78 is 5.40. The van der Waals surface area contributed by atoms with Crippen LogP contribution in [0, 0.1) is 0 Å². The zero-order valence-electron chi connectivity index (χ0n) is 6.46. The second-order valence-electron chi connectivity index (χ2n) is 2.88. The summed E-state index contributed by atoms with van der Waals surface area (Å²) in [6, 6.07) is 5.51. The van der Waals surface area contributed by atoms with Crippen LogP contribution in [0.25, 0.3) is 0 Å². The van der Waals surface area contributed by atoms with Crippen molar-refractivity contribution in [3.8, 4) is 5.75 Å². The normalized spacial score (nSPS) is 20.3. The first kappa shape index (κ1) is 7.90. The van der Waals surface area contributed by atoms with E-state index in [4.69, 9.17) is 21.4 Å². The van der Waals surface area contributed by atoms with Gasteiger partial charge >= 0.3 is 0 Å². The number of aliphatic hydroxyl groups excluding tert-OH is 1. The zero-order valence-corrected chi connectivity index (χ0v) is 7.21. The molecule has 0 amide bonds. The SMILES string of the molecule is OC[C@@H]1Cc2cc(Cl)ccc2O1. The van der Waals surface area contributed by atoms with E-state index in [1.54, 1.807) is 6.07 Å². The standard InChI is InChI=1S/C9H9ClO2/c10-7-1-2-9-6(3-7)4-8(5-11)12-9/h1-3,8,11H,4-5H2/t8-/m0/s1. The molecule has 1 N–H and O–H groups in total. The lowest BCUT2D eigenvalue weighted by Gasteiger charge is -2.04. The van der Waals surface area contributed by atoms with Crippen molar-refractivity contribution in [2.24, 2.45) is 0 Å². The molecule has 1 atom stereocenters. The highest BCUT2D eigenvalue weighted by molar-refractivity contribution is 6.30. The molecule has 0 bridgehead atoms. The predicted octanol–water partition coefficient (Wildman–Crippen LogP) is 1.64. The summed E-state index contributed by atoms with van der Waals surface area (Å²) in [4.78, 5) is 0. The molecule has 3 heteroatoms. The summed E-state index contributed by atoms with van der Waals surface area (Å²) in [5, 5.41) is 9.57. The molecule has 2 nitrogen and oxygen atoms in total. The highest BCUT2D eigenvalue weighted by Crippen LogP contribution is 2.30. The van der Waals surface area contributed by atoms with E-state index in [9.17, 15) is 0 Å². The summed E-state index contributed by atoms with van der Waals surface area (Å²) in [7, 11) is 0. The minimum atomic E-state index is -0.0848. The first-order valence-corrected chi connectivity index (χ1v) is 4.23. The van der Waals surface area contributed by atoms with Crippen LogP contribution in [0.5, 0.6) is 5.75 Å². The van der Waals surface area contributed by atoms with Crippen molar-refractivity contribution >= 4 is 11.6 Å². The average Bonchev–Trinajstić information content (AvgIpc) is 2.46. The van der Waals surface area contributed by atoms with Crippen molar-refractivity contribution < 1.29 is 9.84 Å². The number of hydrogen-bond donors (Lipinski definition) is 1. The average molecular weight is 185 g/mol. The van der Waals surface area contributed by atoms with Gasteiger partial charge in [-0.25, -0.2) is 0 Å². The molecule has 1 aliphatic rings. The van der Waals surface area contributed by atoms with Crippen LogP contribution in [0.2, 0.25) is 5.02 Å². The van der Waals surface area contributed by atoms with E-state index in [0.717, 1.165) is 22.8 Å². The zero-order chi connectivity index (χ0) is 8.55. The molecule has 0 fully saturated rings. The number of benzene rings is 1. The van der Waals surface area contributed by atoms with E-state index < -0.39 is 0 Å². The highest BCUT2D eigenvalue weighted by Gasteiger charge is 2.21. The van der Waals surface area contributed by atoms with Gasteiger partial charge in [-0.3, -0.25) is 0 Å². The third-order valence-corrected chi connectivity index (χ3v) is 2.20. The van der Waals surface area contributed by atoms with E-state index in [1.807, 2.05) is 12.1 Å². The lowest BCUT2D eigenvalue weighted by molar-refractivity contribution is 0.134. The van der Waals surface area contributed by atoms with Crippen molar-refractivity contribution in [1.82, 2.24) is 0 Å². The van der Waals surface area contributed by atoms with E-state index in [-0.39, 0.29) is 12.7 Å². The van der Waals surface area contributed by atoms with Gasteiger partial charge in [0.05, 0.1) is 6.61 Å². The van der Waals surface area contributed by atoms with Gasteiger partial charge in [0, 0.05) is 11.4 Å². The first-order chi connectivity index (χ1) is 5.79. The lowest BCUT2D eigenvalue weighted by atomic mass is 10.1. The van der Waals surface area contributed by atoms with Crippen LogP contribution in [0.3, 0.4) is 0 Å². The van der Waals surface area contributed by atoms with Crippen LogP contribution in [0.1, 0.15) is 5.56 Å². The van der Waals surface area contributed by atoms with Crippen molar-refractivity contribution in [2.45, 2.75) is 12.5 Å². The third kappa shape index (κ3) is 1.28. The monoisotopic (exact) mass is 184 g/mol. The van der Waals surface area contributed by atoms with Gasteiger partial charge in [-0.1, -0.05) is 11.6 Å². The maximum absolute atomic E-state index is 8.85. The predicted molar refractivity (Wildman–Crippen MR) is 46.7 cm³/mol. The molecule has 12 heavy (non-hydrogen) atoms. The Morgan fingerprint density at radius 2 is 2.42 bits per heavy atom. The number of ether oxygens (including phenoxy) is 1. The van der Waals surface area contributed by atoms with Gasteiger partial charge in [-0.05, 0) is 23.8 Å². The van der Waals surface area contributed by atoms with Gasteiger partial charge in [-0.15, -0.1) is 0 Å². The summed E-state index contributed by atoms with van der Waals surface area (Å²) in [6.45, 7) is 0.0618. The molecule has 1 aromatic carbocycles. The Hall–Kier alpha value is -0.730. The first-order valence-electron chi connectivity index (χ1n) is 3.85. The summed E-state index contributed by atoms with van der Waals surface area (Å²) >= 11 is 5.80. The van der Waals surface area contributed by atoms with Crippen LogP contribution in [-0.4, -0.2) is 17.8 Å². The Bertz CT molecular complexity index is 299. The molecular formula is C9H9ClO2. The van der Waals surface area contributed by atoms with E-state index in [0.29, 0.717) is 0 Å². The van der Waals surface area contributed by atoms with Crippen molar-refractivity contribution in [3.63, 3.8) is 0 Å². The van der Waals surface area contributed by atoms with Gasteiger partial charge in [0.1, 0.15) is 11.9 Å². The van der Waals surface area contributed by atoms with Crippen molar-refractivity contribution in [3.05, 3.63) is 28.8 Å². The van der Waals surface area contributed by atoms with Gasteiger partial charge in [0.15, 0.2) is 0 Å². The quantitative estimate of drug-likeness (QED) is 0.719. The number of fused-ring (bicyclic) bond motifs is 1. The molecule has 1 aromatic rings. The molecule has 0 aliphatic carbocycles. The number of rotatable bonds is 1. The molecule has 1 heterocycles. The summed E-state index contributed by atoms with van der Waals surface area (Å²) in [5.41, 5.74) is 1.08. The molecule has 0 radical (unpaired) electrons. The molecule has 64 valence electrons. The minimum absolute atomic E-state index is 0.0618. The molecule has 0 saturated heterocycles. The van der Waals surface area contributed by atoms with Gasteiger partial charge in [-0.2, -0.15) is 0 Å². The summed E-state index contributed by atoms with van der Waals surface area (Å²) in [6.07, 6.45) is 0.672. The molecule has 2 rings (SSSR count). The fourth-order valence-electron chi connectivity index (χ4n) is 1.39. The largest absolute Gasteiger partial charge is 0.487 e. The summed E-state index contributed by atoms with van der Waals surface area (Å²) in [5.74, 6) is 0.846. The van der Waals surface area contributed by atoms with Gasteiger partial charge in [0.25, 0.3) is 0 Å². The fraction of sp³-hybridized carbons (Fsp3) is 0.333.